The molecule has 8 heteroatoms. The number of hydrogen-bond acceptors (Lipinski definition) is 6. The molecule has 0 spiro atoms. The molecular weight excluding hydrogens is 348 g/mol. The molecule has 25 heavy (non-hydrogen) atoms. The zero-order valence-corrected chi connectivity index (χ0v) is 15.7. The first-order chi connectivity index (χ1) is 11.7. The van der Waals surface area contributed by atoms with Crippen molar-refractivity contribution in [2.45, 2.75) is 18.9 Å². The lowest BCUT2D eigenvalue weighted by molar-refractivity contribution is -0.122. The first-order valence-corrected chi connectivity index (χ1v) is 8.05. The van der Waals surface area contributed by atoms with Crippen molar-refractivity contribution in [1.29, 1.82) is 0 Å². The largest absolute Gasteiger partial charge is 0.493 e. The number of hydrogen-bond donors (Lipinski definition) is 2. The Morgan fingerprint density at radius 3 is 2.60 bits per heavy atom. The van der Waals surface area contributed by atoms with Gasteiger partial charge in [0.1, 0.15) is 0 Å². The molecule has 0 radical (unpaired) electrons. The zero-order chi connectivity index (χ0) is 17.4. The maximum Gasteiger partial charge on any atom is 0.221 e. The average Bonchev–Trinajstić information content (AvgIpc) is 2.61. The summed E-state index contributed by atoms with van der Waals surface area (Å²) >= 11 is 0. The molecule has 0 bridgehead atoms. The summed E-state index contributed by atoms with van der Waals surface area (Å²) in [5.74, 6) is 1.82. The smallest absolute Gasteiger partial charge is 0.221 e. The average molecular weight is 375 g/mol. The van der Waals surface area contributed by atoms with Crippen molar-refractivity contribution in [2.75, 3.05) is 47.6 Å². The second-order valence-electron chi connectivity index (χ2n) is 5.52. The SMILES string of the molecule is COc1ccc(CCNC(=O)CC2COCCN2)c(OC)c1OC.Cl. The maximum absolute atomic E-state index is 12.0. The number of nitrogens with one attached hydrogen (secondary N) is 2. The molecule has 0 aliphatic carbocycles. The highest BCUT2D eigenvalue weighted by Gasteiger charge is 2.18. The number of halogens is 1. The van der Waals surface area contributed by atoms with Gasteiger partial charge in [0, 0.05) is 31.1 Å². The monoisotopic (exact) mass is 374 g/mol. The van der Waals surface area contributed by atoms with Crippen LogP contribution in [0.15, 0.2) is 12.1 Å². The van der Waals surface area contributed by atoms with E-state index in [0.29, 0.717) is 49.8 Å². The molecule has 1 heterocycles. The second kappa shape index (κ2) is 11.0. The molecular formula is C17H27ClN2O5. The summed E-state index contributed by atoms with van der Waals surface area (Å²) in [6, 6.07) is 3.85. The van der Waals surface area contributed by atoms with Gasteiger partial charge in [0.15, 0.2) is 11.5 Å². The van der Waals surface area contributed by atoms with Gasteiger partial charge in [-0.1, -0.05) is 6.07 Å². The Hall–Kier alpha value is -1.70. The van der Waals surface area contributed by atoms with Crippen LogP contribution < -0.4 is 24.8 Å². The minimum absolute atomic E-state index is 0. The van der Waals surface area contributed by atoms with E-state index in [2.05, 4.69) is 10.6 Å². The van der Waals surface area contributed by atoms with Crippen LogP contribution in [0.4, 0.5) is 0 Å². The van der Waals surface area contributed by atoms with Crippen molar-refractivity contribution < 1.29 is 23.7 Å². The van der Waals surface area contributed by atoms with Gasteiger partial charge in [0.05, 0.1) is 34.5 Å². The van der Waals surface area contributed by atoms with Crippen LogP contribution in [-0.4, -0.2) is 59.6 Å². The van der Waals surface area contributed by atoms with Gasteiger partial charge in [-0.25, -0.2) is 0 Å². The summed E-state index contributed by atoms with van der Waals surface area (Å²) < 4.78 is 21.4. The molecule has 0 saturated carbocycles. The highest BCUT2D eigenvalue weighted by atomic mass is 35.5. The lowest BCUT2D eigenvalue weighted by Crippen LogP contribution is -2.44. The van der Waals surface area contributed by atoms with Crippen LogP contribution >= 0.6 is 12.4 Å². The summed E-state index contributed by atoms with van der Waals surface area (Å²) in [4.78, 5) is 12.0. The van der Waals surface area contributed by atoms with Gasteiger partial charge in [0.2, 0.25) is 11.7 Å². The van der Waals surface area contributed by atoms with Crippen molar-refractivity contribution in [3.8, 4) is 17.2 Å². The van der Waals surface area contributed by atoms with E-state index < -0.39 is 0 Å². The number of carbonyl (C=O) groups is 1. The van der Waals surface area contributed by atoms with Gasteiger partial charge in [0.25, 0.3) is 0 Å². The van der Waals surface area contributed by atoms with Crippen molar-refractivity contribution in [3.05, 3.63) is 17.7 Å². The van der Waals surface area contributed by atoms with E-state index >= 15 is 0 Å². The summed E-state index contributed by atoms with van der Waals surface area (Å²) in [6.07, 6.45) is 1.06. The predicted molar refractivity (Wildman–Crippen MR) is 97.3 cm³/mol. The number of ether oxygens (including phenoxy) is 4. The lowest BCUT2D eigenvalue weighted by Gasteiger charge is -2.23. The van der Waals surface area contributed by atoms with Crippen molar-refractivity contribution in [3.63, 3.8) is 0 Å². The fourth-order valence-electron chi connectivity index (χ4n) is 2.74. The molecule has 1 aliphatic heterocycles. The van der Waals surface area contributed by atoms with E-state index in [-0.39, 0.29) is 24.4 Å². The van der Waals surface area contributed by atoms with Gasteiger partial charge < -0.3 is 29.6 Å². The topological polar surface area (TPSA) is 78.1 Å². The van der Waals surface area contributed by atoms with Crippen LogP contribution in [0.3, 0.4) is 0 Å². The van der Waals surface area contributed by atoms with Gasteiger partial charge in [-0.3, -0.25) is 4.79 Å². The summed E-state index contributed by atoms with van der Waals surface area (Å²) in [7, 11) is 4.75. The van der Waals surface area contributed by atoms with Gasteiger partial charge in [-0.05, 0) is 12.5 Å². The van der Waals surface area contributed by atoms with E-state index in [9.17, 15) is 4.79 Å². The highest BCUT2D eigenvalue weighted by molar-refractivity contribution is 5.85. The number of methoxy groups -OCH3 is 3. The van der Waals surface area contributed by atoms with Crippen molar-refractivity contribution in [2.24, 2.45) is 0 Å². The Morgan fingerprint density at radius 2 is 2.00 bits per heavy atom. The zero-order valence-electron chi connectivity index (χ0n) is 14.9. The van der Waals surface area contributed by atoms with Gasteiger partial charge in [-0.15, -0.1) is 12.4 Å². The first-order valence-electron chi connectivity index (χ1n) is 8.05. The van der Waals surface area contributed by atoms with E-state index in [0.717, 1.165) is 12.1 Å². The molecule has 2 N–H and O–H groups in total. The van der Waals surface area contributed by atoms with Crippen LogP contribution in [0.5, 0.6) is 17.2 Å². The maximum atomic E-state index is 12.0. The normalized spacial score (nSPS) is 16.5. The third kappa shape index (κ3) is 5.95. The van der Waals surface area contributed by atoms with Crippen LogP contribution in [0.25, 0.3) is 0 Å². The molecule has 1 aliphatic rings. The molecule has 142 valence electrons. The molecule has 1 aromatic carbocycles. The molecule has 1 unspecified atom stereocenters. The second-order valence-corrected chi connectivity index (χ2v) is 5.52. The molecule has 1 fully saturated rings. The fourth-order valence-corrected chi connectivity index (χ4v) is 2.74. The predicted octanol–water partition coefficient (Wildman–Crippen LogP) is 1.17. The minimum Gasteiger partial charge on any atom is -0.493 e. The quantitative estimate of drug-likeness (QED) is 0.711. The minimum atomic E-state index is 0. The number of morpholine rings is 1. The van der Waals surface area contributed by atoms with Crippen LogP contribution in [-0.2, 0) is 16.0 Å². The van der Waals surface area contributed by atoms with Gasteiger partial charge in [-0.2, -0.15) is 0 Å². The molecule has 0 aromatic heterocycles. The van der Waals surface area contributed by atoms with Crippen LogP contribution in [0.1, 0.15) is 12.0 Å². The first kappa shape index (κ1) is 21.3. The number of rotatable bonds is 8. The summed E-state index contributed by atoms with van der Waals surface area (Å²) in [5, 5.41) is 6.20. The van der Waals surface area contributed by atoms with E-state index in [1.807, 2.05) is 12.1 Å². The number of benzene rings is 1. The van der Waals surface area contributed by atoms with E-state index in [1.165, 1.54) is 0 Å². The van der Waals surface area contributed by atoms with Crippen molar-refractivity contribution >= 4 is 18.3 Å². The molecule has 2 rings (SSSR count). The van der Waals surface area contributed by atoms with Crippen LogP contribution in [0.2, 0.25) is 0 Å². The Morgan fingerprint density at radius 1 is 1.24 bits per heavy atom. The molecule has 1 amide bonds. The van der Waals surface area contributed by atoms with Crippen molar-refractivity contribution in [1.82, 2.24) is 10.6 Å². The molecule has 1 atom stereocenters. The molecule has 1 aromatic rings. The number of carbonyl (C=O) groups excluding carboxylic acids is 1. The Labute approximate surface area is 154 Å². The molecule has 7 nitrogen and oxygen atoms in total. The highest BCUT2D eigenvalue weighted by Crippen LogP contribution is 2.39. The fraction of sp³-hybridized carbons (Fsp3) is 0.588. The summed E-state index contributed by atoms with van der Waals surface area (Å²) in [6.45, 7) is 2.60. The number of amides is 1. The Kier molecular flexibility index (Phi) is 9.41. The molecule has 1 saturated heterocycles. The summed E-state index contributed by atoms with van der Waals surface area (Å²) in [5.41, 5.74) is 0.953. The standard InChI is InChI=1S/C17H26N2O5.ClH/c1-21-14-5-4-12(16(22-2)17(14)23-3)6-7-19-15(20)10-13-11-24-9-8-18-13;/h4-5,13,18H,6-11H2,1-3H3,(H,19,20);1H. The van der Waals surface area contributed by atoms with E-state index in [4.69, 9.17) is 18.9 Å². The Bertz CT molecular complexity index is 550. The van der Waals surface area contributed by atoms with E-state index in [1.54, 1.807) is 21.3 Å². The third-order valence-corrected chi connectivity index (χ3v) is 3.93. The third-order valence-electron chi connectivity index (χ3n) is 3.93. The van der Waals surface area contributed by atoms with Crippen LogP contribution in [0, 0.1) is 0 Å². The lowest BCUT2D eigenvalue weighted by atomic mass is 10.1. The van der Waals surface area contributed by atoms with Gasteiger partial charge >= 0.3 is 0 Å². The Balaban J connectivity index is 0.00000312.